The molecule has 0 radical (unpaired) electrons. The van der Waals surface area contributed by atoms with E-state index in [0.717, 1.165) is 7.11 Å². The quantitative estimate of drug-likeness (QED) is 0.0693. The van der Waals surface area contributed by atoms with Crippen LogP contribution in [0.25, 0.3) is 22.3 Å². The number of nitrogens with two attached hydrogens (primary N) is 4. The number of rotatable bonds is 5. The molecule has 16 nitrogen and oxygen atoms in total. The van der Waals surface area contributed by atoms with Crippen molar-refractivity contribution in [2.24, 2.45) is 0 Å². The molecule has 0 atom stereocenters. The predicted octanol–water partition coefficient (Wildman–Crippen LogP) is 4.88. The van der Waals surface area contributed by atoms with E-state index in [2.05, 4.69) is 30.9 Å². The maximum Gasteiger partial charge on any atom is 0.491 e. The van der Waals surface area contributed by atoms with Gasteiger partial charge in [0.15, 0.2) is 0 Å². The molecule has 11 N–H and O–H groups in total. The fourth-order valence-corrected chi connectivity index (χ4v) is 4.74. The minimum atomic E-state index is -1.72. The lowest BCUT2D eigenvalue weighted by Gasteiger charge is -2.07. The molecule has 0 bridgehead atoms. The molecule has 0 unspecified atom stereocenters. The van der Waals surface area contributed by atoms with Gasteiger partial charge in [0.25, 0.3) is 0 Å². The Balaban J connectivity index is 0.000000255. The predicted molar refractivity (Wildman–Crippen MR) is 207 cm³/mol. The summed E-state index contributed by atoms with van der Waals surface area (Å²) in [6, 6.07) is 22.2. The van der Waals surface area contributed by atoms with Gasteiger partial charge in [-0.15, -0.1) is 0 Å². The van der Waals surface area contributed by atoms with Crippen LogP contribution in [0.15, 0.2) is 114 Å². The van der Waals surface area contributed by atoms with Crippen LogP contribution in [-0.2, 0) is 0 Å². The first kappa shape index (κ1) is 44.5. The first-order valence-electron chi connectivity index (χ1n) is 15.1. The summed E-state index contributed by atoms with van der Waals surface area (Å²) in [5.74, 6) is -1.55. The maximum absolute atomic E-state index is 13.6. The van der Waals surface area contributed by atoms with Gasteiger partial charge in [-0.05, 0) is 52.3 Å². The van der Waals surface area contributed by atoms with Crippen LogP contribution in [0.4, 0.5) is 47.7 Å². The number of hydrogen-bond acceptors (Lipinski definition) is 14. The van der Waals surface area contributed by atoms with Gasteiger partial charge >= 0.3 is 18.5 Å². The van der Waals surface area contributed by atoms with Crippen molar-refractivity contribution in [3.63, 3.8) is 0 Å². The lowest BCUT2D eigenvalue weighted by atomic mass is 9.80. The highest BCUT2D eigenvalue weighted by atomic mass is 79.9. The average Bonchev–Trinajstić information content (AvgIpc) is 3.15. The maximum atomic E-state index is 13.6. The summed E-state index contributed by atoms with van der Waals surface area (Å²) in [5, 5.41) is 45.2. The second-order valence-electron chi connectivity index (χ2n) is 10.1. The average molecular weight is 826 g/mol. The van der Waals surface area contributed by atoms with Gasteiger partial charge in [0.2, 0.25) is 11.6 Å². The lowest BCUT2D eigenvalue weighted by Crippen LogP contribution is -2.32. The summed E-state index contributed by atoms with van der Waals surface area (Å²) in [7, 11) is -0.721. The lowest BCUT2D eigenvalue weighted by molar-refractivity contribution is -0.385. The molecular weight excluding hydrogens is 794 g/mol. The molecule has 0 spiro atoms. The van der Waals surface area contributed by atoms with Gasteiger partial charge in [-0.2, -0.15) is 0 Å². The van der Waals surface area contributed by atoms with E-state index in [4.69, 9.17) is 38.1 Å². The number of aliphatic hydroxyl groups is 1. The van der Waals surface area contributed by atoms with Gasteiger partial charge in [0.1, 0.15) is 27.7 Å². The van der Waals surface area contributed by atoms with Crippen molar-refractivity contribution in [3.05, 3.63) is 152 Å². The number of aromatic nitrogens is 3. The smallest absolute Gasteiger partial charge is 0.423 e. The molecule has 6 aromatic rings. The summed E-state index contributed by atoms with van der Waals surface area (Å²) in [4.78, 5) is 31.0. The summed E-state index contributed by atoms with van der Waals surface area (Å²) in [6.07, 6.45) is 4.21. The van der Waals surface area contributed by atoms with Crippen LogP contribution < -0.4 is 28.4 Å². The zero-order valence-electron chi connectivity index (χ0n) is 28.5. The van der Waals surface area contributed by atoms with E-state index in [1.54, 1.807) is 30.3 Å². The van der Waals surface area contributed by atoms with Gasteiger partial charge in [-0.3, -0.25) is 20.2 Å². The monoisotopic (exact) mass is 825 g/mol. The molecule has 3 aromatic heterocycles. The number of anilines is 4. The van der Waals surface area contributed by atoms with E-state index >= 15 is 0 Å². The Morgan fingerprint density at radius 1 is 0.582 bits per heavy atom. The zero-order chi connectivity index (χ0) is 41.2. The topological polar surface area (TPSA) is 290 Å². The number of aliphatic hydroxyl groups excluding tert-OH is 1. The van der Waals surface area contributed by atoms with Crippen LogP contribution in [-0.4, -0.2) is 54.2 Å². The first-order valence-corrected chi connectivity index (χ1v) is 15.9. The third kappa shape index (κ3) is 12.5. The molecule has 286 valence electrons. The molecule has 0 fully saturated rings. The van der Waals surface area contributed by atoms with Gasteiger partial charge in [0, 0.05) is 47.9 Å². The van der Waals surface area contributed by atoms with E-state index < -0.39 is 28.6 Å². The Bertz CT molecular complexity index is 2210. The molecule has 3 heterocycles. The molecule has 0 saturated heterocycles. The molecule has 21 heteroatoms. The van der Waals surface area contributed by atoms with Crippen molar-refractivity contribution < 1.29 is 38.2 Å². The Morgan fingerprint density at radius 2 is 0.982 bits per heavy atom. The van der Waals surface area contributed by atoms with Crippen LogP contribution >= 0.6 is 15.9 Å². The van der Waals surface area contributed by atoms with Crippen LogP contribution in [0.3, 0.4) is 0 Å². The molecular formula is C34H32BBrF3N9O7. The fraction of sp³-hybridized carbons (Fsp3) is 0.0294. The molecule has 55 heavy (non-hydrogen) atoms. The van der Waals surface area contributed by atoms with E-state index in [1.165, 1.54) is 79.3 Å². The molecule has 0 aliphatic heterocycles. The number of halogens is 4. The largest absolute Gasteiger partial charge is 0.491 e. The van der Waals surface area contributed by atoms with Crippen molar-refractivity contribution in [1.82, 2.24) is 15.0 Å². The summed E-state index contributed by atoms with van der Waals surface area (Å²) in [6.45, 7) is 0. The van der Waals surface area contributed by atoms with Crippen molar-refractivity contribution in [2.75, 3.05) is 30.0 Å². The summed E-state index contributed by atoms with van der Waals surface area (Å²) >= 11 is 2.99. The standard InChI is InChI=1S/C11H8FN3O2.C11H10FN3.C6H6BFO2.C5H4BrN3O2.CH4O/c12-9-4-2-1-3-7(9)8-5-6-14-11(13)10(8)15(16)17;12-9-4-2-1-3-7(9)8-5-6-15-11(14)10(8)13;8-6-4-2-1-3-5(6)7(9)10;6-3-1-2-8-5(7)4(3)9(10)11;1-2/h1-6H,(H2,13,14);1-6H,13H2,(H2,14,15);1-4,9-10H;1-2H,(H2,7,8);2H,1H3. The van der Waals surface area contributed by atoms with Crippen molar-refractivity contribution in [3.8, 4) is 22.3 Å². The molecule has 6 rings (SSSR count). The minimum absolute atomic E-state index is 0.0793. The Labute approximate surface area is 319 Å². The summed E-state index contributed by atoms with van der Waals surface area (Å²) in [5.41, 5.74) is 22.9. The first-order chi connectivity index (χ1) is 26.1. The number of nitrogens with zero attached hydrogens (tertiary/aromatic N) is 5. The van der Waals surface area contributed by atoms with Crippen molar-refractivity contribution in [2.45, 2.75) is 0 Å². The molecule has 0 amide bonds. The van der Waals surface area contributed by atoms with Crippen LogP contribution in [0.2, 0.25) is 0 Å². The number of benzene rings is 3. The van der Waals surface area contributed by atoms with Gasteiger partial charge in [-0.1, -0.05) is 54.6 Å². The SMILES string of the molecule is CO.Nc1nccc(-c2ccccc2F)c1N.Nc1nccc(-c2ccccc2F)c1[N+](=O)[O-].Nc1nccc(Br)c1[N+](=O)[O-].OB(O)c1ccccc1F. The van der Waals surface area contributed by atoms with E-state index in [0.29, 0.717) is 21.3 Å². The second-order valence-corrected chi connectivity index (χ2v) is 11.0. The highest BCUT2D eigenvalue weighted by Crippen LogP contribution is 2.34. The molecule has 0 aliphatic rings. The number of nitrogen functional groups attached to an aromatic ring is 4. The third-order valence-electron chi connectivity index (χ3n) is 6.75. The normalized spacial score (nSPS) is 9.67. The molecule has 0 aliphatic carbocycles. The van der Waals surface area contributed by atoms with Gasteiger partial charge in [-0.25, -0.2) is 28.1 Å². The van der Waals surface area contributed by atoms with Crippen LogP contribution in [0.1, 0.15) is 0 Å². The van der Waals surface area contributed by atoms with Crippen LogP contribution in [0.5, 0.6) is 0 Å². The minimum Gasteiger partial charge on any atom is -0.423 e. The highest BCUT2D eigenvalue weighted by molar-refractivity contribution is 9.10. The fourth-order valence-electron chi connectivity index (χ4n) is 4.27. The summed E-state index contributed by atoms with van der Waals surface area (Å²) < 4.78 is 39.9. The van der Waals surface area contributed by atoms with Gasteiger partial charge < -0.3 is 38.1 Å². The third-order valence-corrected chi connectivity index (χ3v) is 7.39. The zero-order valence-corrected chi connectivity index (χ0v) is 30.1. The number of nitro groups is 2. The number of hydrogen-bond donors (Lipinski definition) is 7. The Morgan fingerprint density at radius 3 is 1.40 bits per heavy atom. The Kier molecular flexibility index (Phi) is 17.6. The highest BCUT2D eigenvalue weighted by Gasteiger charge is 2.22. The van der Waals surface area contributed by atoms with Crippen molar-refractivity contribution >= 4 is 63.0 Å². The van der Waals surface area contributed by atoms with E-state index in [1.807, 2.05) is 0 Å². The second kappa shape index (κ2) is 21.8. The van der Waals surface area contributed by atoms with E-state index in [-0.39, 0.29) is 51.2 Å². The van der Waals surface area contributed by atoms with Crippen LogP contribution in [0, 0.1) is 37.7 Å². The van der Waals surface area contributed by atoms with Gasteiger partial charge in [0.05, 0.1) is 21.1 Å². The van der Waals surface area contributed by atoms with E-state index in [9.17, 15) is 33.4 Å². The molecule has 3 aromatic carbocycles. The Hall–Kier alpha value is -6.68. The van der Waals surface area contributed by atoms with Crippen molar-refractivity contribution in [1.29, 1.82) is 0 Å². The number of pyridine rings is 3. The molecule has 0 saturated carbocycles.